The van der Waals surface area contributed by atoms with Gasteiger partial charge in [-0.25, -0.2) is 10.1 Å². The molecule has 0 aliphatic heterocycles. The second-order valence-electron chi connectivity index (χ2n) is 6.11. The average Bonchev–Trinajstić information content (AvgIpc) is 3.35. The minimum absolute atomic E-state index is 0.0127. The number of para-hydroxylation sites is 1. The van der Waals surface area contributed by atoms with Crippen molar-refractivity contribution in [2.45, 2.75) is 6.54 Å². The third-order valence-corrected chi connectivity index (χ3v) is 4.22. The second-order valence-corrected chi connectivity index (χ2v) is 6.11. The van der Waals surface area contributed by atoms with E-state index in [2.05, 4.69) is 20.8 Å². The van der Waals surface area contributed by atoms with Crippen molar-refractivity contribution in [3.63, 3.8) is 0 Å². The number of amides is 1. The monoisotopic (exact) mass is 389 g/mol. The summed E-state index contributed by atoms with van der Waals surface area (Å²) in [6.45, 7) is -0.0127. The van der Waals surface area contributed by atoms with Crippen molar-refractivity contribution in [2.75, 3.05) is 0 Å². The van der Waals surface area contributed by atoms with E-state index in [0.717, 1.165) is 11.2 Å². The zero-order chi connectivity index (χ0) is 20.2. The summed E-state index contributed by atoms with van der Waals surface area (Å²) in [6, 6.07) is 17.1. The van der Waals surface area contributed by atoms with Gasteiger partial charge in [0.25, 0.3) is 11.6 Å². The number of benzene rings is 2. The van der Waals surface area contributed by atoms with Crippen LogP contribution in [0.4, 0.5) is 5.69 Å². The van der Waals surface area contributed by atoms with Gasteiger partial charge in [-0.05, 0) is 36.4 Å². The van der Waals surface area contributed by atoms with E-state index in [1.807, 2.05) is 36.4 Å². The van der Waals surface area contributed by atoms with E-state index in [-0.39, 0.29) is 18.1 Å². The minimum Gasteiger partial charge on any atom is -0.316 e. The molecule has 0 saturated carbocycles. The van der Waals surface area contributed by atoms with Gasteiger partial charge in [-0.3, -0.25) is 14.9 Å². The smallest absolute Gasteiger partial charge is 0.269 e. The van der Waals surface area contributed by atoms with Crippen LogP contribution in [0.25, 0.3) is 16.7 Å². The molecule has 0 unspecified atom stereocenters. The lowest BCUT2D eigenvalue weighted by Crippen LogP contribution is -2.23. The third-order valence-electron chi connectivity index (χ3n) is 4.22. The molecule has 0 spiro atoms. The maximum absolute atomic E-state index is 12.2. The Morgan fingerprint density at radius 1 is 1.14 bits per heavy atom. The van der Waals surface area contributed by atoms with Crippen molar-refractivity contribution in [3.05, 3.63) is 82.7 Å². The van der Waals surface area contributed by atoms with Gasteiger partial charge >= 0.3 is 0 Å². The van der Waals surface area contributed by atoms with Crippen molar-refractivity contribution >= 4 is 28.8 Å². The standard InChI is InChI=1S/C19H15N7O3/c27-19(13-25-18-6-2-1-5-17(18)21-23-25)22-20-12-16-4-3-11-24(16)14-7-9-15(10-8-14)26(28)29/h1-12H,13H2,(H,22,27)/b20-12-. The molecule has 1 N–H and O–H groups in total. The van der Waals surface area contributed by atoms with Gasteiger partial charge in [-0.15, -0.1) is 5.10 Å². The van der Waals surface area contributed by atoms with Crippen molar-refractivity contribution < 1.29 is 9.72 Å². The Kier molecular flexibility index (Phi) is 4.81. The number of carbonyl (C=O) groups excluding carboxylic acids is 1. The zero-order valence-electron chi connectivity index (χ0n) is 15.0. The molecule has 4 rings (SSSR count). The number of hydrazone groups is 1. The number of fused-ring (bicyclic) bond motifs is 1. The van der Waals surface area contributed by atoms with Crippen LogP contribution in [-0.4, -0.2) is 36.6 Å². The fraction of sp³-hybridized carbons (Fsp3) is 0.0526. The summed E-state index contributed by atoms with van der Waals surface area (Å²) in [6.07, 6.45) is 3.30. The Morgan fingerprint density at radius 3 is 2.72 bits per heavy atom. The molecule has 0 aliphatic rings. The Balaban J connectivity index is 1.43. The van der Waals surface area contributed by atoms with Gasteiger partial charge in [-0.2, -0.15) is 5.10 Å². The zero-order valence-corrected chi connectivity index (χ0v) is 15.0. The Labute approximate surface area is 164 Å². The number of carbonyl (C=O) groups is 1. The van der Waals surface area contributed by atoms with Crippen LogP contribution in [0.3, 0.4) is 0 Å². The summed E-state index contributed by atoms with van der Waals surface area (Å²) in [4.78, 5) is 22.5. The summed E-state index contributed by atoms with van der Waals surface area (Å²) in [5, 5.41) is 22.7. The molecule has 0 radical (unpaired) electrons. The predicted molar refractivity (Wildman–Crippen MR) is 106 cm³/mol. The van der Waals surface area contributed by atoms with E-state index in [1.165, 1.54) is 23.0 Å². The molecule has 4 aromatic rings. The highest BCUT2D eigenvalue weighted by Crippen LogP contribution is 2.17. The normalized spacial score (nSPS) is 11.2. The molecule has 2 aromatic carbocycles. The van der Waals surface area contributed by atoms with Crippen LogP contribution >= 0.6 is 0 Å². The molecule has 2 aromatic heterocycles. The summed E-state index contributed by atoms with van der Waals surface area (Å²) >= 11 is 0. The van der Waals surface area contributed by atoms with Crippen molar-refractivity contribution in [2.24, 2.45) is 5.10 Å². The lowest BCUT2D eigenvalue weighted by atomic mass is 10.3. The number of non-ortho nitro benzene ring substituents is 1. The maximum atomic E-state index is 12.2. The van der Waals surface area contributed by atoms with E-state index < -0.39 is 4.92 Å². The van der Waals surface area contributed by atoms with Crippen molar-refractivity contribution in [3.8, 4) is 5.69 Å². The first-order valence-electron chi connectivity index (χ1n) is 8.64. The van der Waals surface area contributed by atoms with Gasteiger partial charge in [0.2, 0.25) is 0 Å². The largest absolute Gasteiger partial charge is 0.316 e. The highest BCUT2D eigenvalue weighted by Gasteiger charge is 2.09. The molecule has 1 amide bonds. The van der Waals surface area contributed by atoms with Crippen LogP contribution < -0.4 is 5.43 Å². The number of nitro groups is 1. The van der Waals surface area contributed by atoms with Gasteiger partial charge < -0.3 is 4.57 Å². The summed E-state index contributed by atoms with van der Waals surface area (Å²) < 4.78 is 3.30. The van der Waals surface area contributed by atoms with Crippen LogP contribution in [0.1, 0.15) is 5.69 Å². The molecular weight excluding hydrogens is 374 g/mol. The predicted octanol–water partition coefficient (Wildman–Crippen LogP) is 2.28. The Morgan fingerprint density at radius 2 is 1.93 bits per heavy atom. The molecule has 0 aliphatic carbocycles. The van der Waals surface area contributed by atoms with E-state index in [0.29, 0.717) is 11.2 Å². The topological polar surface area (TPSA) is 120 Å². The quantitative estimate of drug-likeness (QED) is 0.308. The van der Waals surface area contributed by atoms with Gasteiger partial charge in [0, 0.05) is 24.0 Å². The van der Waals surface area contributed by atoms with Gasteiger partial charge in [-0.1, -0.05) is 17.3 Å². The van der Waals surface area contributed by atoms with E-state index >= 15 is 0 Å². The molecule has 0 bridgehead atoms. The number of nitrogens with one attached hydrogen (secondary N) is 1. The molecule has 2 heterocycles. The van der Waals surface area contributed by atoms with Crippen LogP contribution in [-0.2, 0) is 11.3 Å². The fourth-order valence-corrected chi connectivity index (χ4v) is 2.85. The van der Waals surface area contributed by atoms with Crippen LogP contribution in [0.5, 0.6) is 0 Å². The minimum atomic E-state index is -0.449. The first-order chi connectivity index (χ1) is 14.1. The Bertz CT molecular complexity index is 1210. The second kappa shape index (κ2) is 7.72. The number of aromatic nitrogens is 4. The lowest BCUT2D eigenvalue weighted by Gasteiger charge is -2.06. The SMILES string of the molecule is O=C(Cn1nnc2ccccc21)N/N=C\c1cccn1-c1ccc([N+](=O)[O-])cc1. The highest BCUT2D eigenvalue weighted by molar-refractivity contribution is 5.83. The molecule has 0 atom stereocenters. The number of nitrogens with zero attached hydrogens (tertiary/aromatic N) is 6. The average molecular weight is 389 g/mol. The summed E-state index contributed by atoms with van der Waals surface area (Å²) in [5.74, 6) is -0.342. The molecule has 10 nitrogen and oxygen atoms in total. The third kappa shape index (κ3) is 3.86. The molecule has 10 heteroatoms. The van der Waals surface area contributed by atoms with Gasteiger partial charge in [0.15, 0.2) is 0 Å². The summed E-state index contributed by atoms with van der Waals surface area (Å²) in [5.41, 5.74) is 5.40. The van der Waals surface area contributed by atoms with Crippen molar-refractivity contribution in [1.29, 1.82) is 0 Å². The summed E-state index contributed by atoms with van der Waals surface area (Å²) in [7, 11) is 0. The number of rotatable bonds is 6. The van der Waals surface area contributed by atoms with Gasteiger partial charge in [0.05, 0.1) is 22.3 Å². The number of hydrogen-bond donors (Lipinski definition) is 1. The molecular formula is C19H15N7O3. The maximum Gasteiger partial charge on any atom is 0.269 e. The molecule has 144 valence electrons. The Hall–Kier alpha value is -4.34. The van der Waals surface area contributed by atoms with Crippen LogP contribution in [0.2, 0.25) is 0 Å². The first-order valence-corrected chi connectivity index (χ1v) is 8.64. The molecule has 0 saturated heterocycles. The fourth-order valence-electron chi connectivity index (χ4n) is 2.85. The molecule has 0 fully saturated rings. The van der Waals surface area contributed by atoms with E-state index in [1.54, 1.807) is 22.9 Å². The van der Waals surface area contributed by atoms with E-state index in [9.17, 15) is 14.9 Å². The van der Waals surface area contributed by atoms with E-state index in [4.69, 9.17) is 0 Å². The van der Waals surface area contributed by atoms with Crippen LogP contribution in [0.15, 0.2) is 72.0 Å². The first kappa shape index (κ1) is 18.0. The molecule has 29 heavy (non-hydrogen) atoms. The van der Waals surface area contributed by atoms with Crippen molar-refractivity contribution in [1.82, 2.24) is 25.0 Å². The lowest BCUT2D eigenvalue weighted by molar-refractivity contribution is -0.384. The van der Waals surface area contributed by atoms with Crippen LogP contribution in [0, 0.1) is 10.1 Å². The number of nitro benzene ring substituents is 1. The number of hydrogen-bond acceptors (Lipinski definition) is 6. The van der Waals surface area contributed by atoms with Gasteiger partial charge in [0.1, 0.15) is 12.1 Å². The highest BCUT2D eigenvalue weighted by atomic mass is 16.6.